The van der Waals surface area contributed by atoms with Gasteiger partial charge < -0.3 is 9.63 Å². The highest BCUT2D eigenvalue weighted by Gasteiger charge is 2.33. The lowest BCUT2D eigenvalue weighted by Gasteiger charge is -2.33. The number of hydrogen-bond donors (Lipinski definition) is 1. The van der Waals surface area contributed by atoms with Crippen LogP contribution in [0.5, 0.6) is 0 Å². The number of carboxylic acid groups (broad SMARTS) is 1. The van der Waals surface area contributed by atoms with Crippen LogP contribution in [0.4, 0.5) is 0 Å². The van der Waals surface area contributed by atoms with E-state index in [9.17, 15) is 9.90 Å². The van der Waals surface area contributed by atoms with E-state index in [4.69, 9.17) is 4.52 Å². The second-order valence-electron chi connectivity index (χ2n) is 4.89. The Balaban J connectivity index is 1.90. The molecule has 2 aromatic rings. The van der Waals surface area contributed by atoms with Crippen molar-refractivity contribution in [1.29, 1.82) is 0 Å². The molecule has 3 rings (SSSR count). The number of nitrogens with zero attached hydrogens (tertiary/aromatic N) is 3. The van der Waals surface area contributed by atoms with Gasteiger partial charge in [0.1, 0.15) is 6.04 Å². The lowest BCUT2D eigenvalue weighted by molar-refractivity contribution is -0.144. The van der Waals surface area contributed by atoms with E-state index in [1.807, 2.05) is 29.2 Å². The average molecular weight is 273 g/mol. The summed E-state index contributed by atoms with van der Waals surface area (Å²) in [6.07, 6.45) is 0.830. The van der Waals surface area contributed by atoms with Crippen LogP contribution in [0.25, 0.3) is 0 Å². The molecule has 1 aliphatic rings. The van der Waals surface area contributed by atoms with Crippen molar-refractivity contribution in [3.8, 4) is 0 Å². The molecule has 6 heteroatoms. The Morgan fingerprint density at radius 1 is 1.50 bits per heavy atom. The van der Waals surface area contributed by atoms with Gasteiger partial charge in [-0.05, 0) is 17.5 Å². The predicted molar refractivity (Wildman–Crippen MR) is 70.0 cm³/mol. The van der Waals surface area contributed by atoms with Crippen LogP contribution in [-0.2, 0) is 17.8 Å². The molecule has 0 spiro atoms. The van der Waals surface area contributed by atoms with Crippen molar-refractivity contribution in [3.05, 3.63) is 47.1 Å². The lowest BCUT2D eigenvalue weighted by Crippen LogP contribution is -2.39. The third-order valence-corrected chi connectivity index (χ3v) is 3.53. The largest absolute Gasteiger partial charge is 0.480 e. The summed E-state index contributed by atoms with van der Waals surface area (Å²) in [4.78, 5) is 17.6. The molecule has 1 atom stereocenters. The number of rotatable bonds is 3. The number of aromatic nitrogens is 2. The van der Waals surface area contributed by atoms with Crippen LogP contribution in [-0.4, -0.2) is 32.7 Å². The molecule has 1 aliphatic heterocycles. The van der Waals surface area contributed by atoms with Crippen molar-refractivity contribution in [2.24, 2.45) is 0 Å². The average Bonchev–Trinajstić information content (AvgIpc) is 2.83. The molecule has 104 valence electrons. The summed E-state index contributed by atoms with van der Waals surface area (Å²) in [5.74, 6) is 0.162. The highest BCUT2D eigenvalue weighted by atomic mass is 16.5. The van der Waals surface area contributed by atoms with Gasteiger partial charge in [0.15, 0.2) is 5.82 Å². The van der Waals surface area contributed by atoms with Crippen molar-refractivity contribution in [1.82, 2.24) is 15.0 Å². The molecule has 2 heterocycles. The van der Waals surface area contributed by atoms with E-state index in [2.05, 4.69) is 10.1 Å². The number of carbonyl (C=O) groups is 1. The maximum Gasteiger partial charge on any atom is 0.325 e. The van der Waals surface area contributed by atoms with E-state index in [1.54, 1.807) is 6.92 Å². The van der Waals surface area contributed by atoms with Gasteiger partial charge in [0.05, 0.1) is 6.54 Å². The number of aliphatic carboxylic acids is 1. The molecular formula is C14H15N3O3. The molecule has 6 nitrogen and oxygen atoms in total. The normalized spacial score (nSPS) is 18.8. The third kappa shape index (κ3) is 2.30. The molecular weight excluding hydrogens is 258 g/mol. The van der Waals surface area contributed by atoms with E-state index in [-0.39, 0.29) is 0 Å². The zero-order valence-electron chi connectivity index (χ0n) is 11.1. The Bertz CT molecular complexity index is 638. The molecule has 1 unspecified atom stereocenters. The number of carboxylic acids is 1. The van der Waals surface area contributed by atoms with Crippen LogP contribution in [0.15, 0.2) is 28.8 Å². The third-order valence-electron chi connectivity index (χ3n) is 3.53. The van der Waals surface area contributed by atoms with Crippen LogP contribution < -0.4 is 0 Å². The maximum atomic E-state index is 11.6. The van der Waals surface area contributed by atoms with Gasteiger partial charge in [-0.15, -0.1) is 0 Å². The van der Waals surface area contributed by atoms with Crippen LogP contribution in [0.3, 0.4) is 0 Å². The van der Waals surface area contributed by atoms with E-state index in [1.165, 1.54) is 0 Å². The monoisotopic (exact) mass is 273 g/mol. The first-order chi connectivity index (χ1) is 9.65. The van der Waals surface area contributed by atoms with E-state index < -0.39 is 12.0 Å². The fourth-order valence-electron chi connectivity index (χ4n) is 2.67. The predicted octanol–water partition coefficient (Wildman–Crippen LogP) is 1.56. The van der Waals surface area contributed by atoms with E-state index in [0.717, 1.165) is 17.5 Å². The van der Waals surface area contributed by atoms with Crippen LogP contribution >= 0.6 is 0 Å². The Labute approximate surface area is 116 Å². The lowest BCUT2D eigenvalue weighted by atomic mass is 9.92. The van der Waals surface area contributed by atoms with Crippen LogP contribution in [0, 0.1) is 6.92 Å². The molecule has 0 saturated heterocycles. The highest BCUT2D eigenvalue weighted by Crippen LogP contribution is 2.30. The minimum atomic E-state index is -0.850. The maximum absolute atomic E-state index is 11.6. The van der Waals surface area contributed by atoms with Crippen molar-refractivity contribution < 1.29 is 14.4 Å². The van der Waals surface area contributed by atoms with Gasteiger partial charge in [0.25, 0.3) is 0 Å². The SMILES string of the molecule is Cc1nc(CN2CCc3ccccc3C2C(=O)O)no1. The van der Waals surface area contributed by atoms with Gasteiger partial charge in [-0.3, -0.25) is 9.69 Å². The Morgan fingerprint density at radius 2 is 2.30 bits per heavy atom. The molecule has 1 aromatic carbocycles. The number of benzene rings is 1. The Morgan fingerprint density at radius 3 is 3.00 bits per heavy atom. The summed E-state index contributed by atoms with van der Waals surface area (Å²) in [5.41, 5.74) is 1.95. The molecule has 0 radical (unpaired) electrons. The topological polar surface area (TPSA) is 79.5 Å². The van der Waals surface area contributed by atoms with Gasteiger partial charge in [0, 0.05) is 13.5 Å². The summed E-state index contributed by atoms with van der Waals surface area (Å²) < 4.78 is 4.94. The Kier molecular flexibility index (Phi) is 3.23. The number of aryl methyl sites for hydroxylation is 1. The quantitative estimate of drug-likeness (QED) is 0.914. The second-order valence-corrected chi connectivity index (χ2v) is 4.89. The summed E-state index contributed by atoms with van der Waals surface area (Å²) in [5, 5.41) is 13.4. The first-order valence-electron chi connectivity index (χ1n) is 6.49. The van der Waals surface area contributed by atoms with Gasteiger partial charge in [-0.25, -0.2) is 0 Å². The van der Waals surface area contributed by atoms with Gasteiger partial charge in [-0.1, -0.05) is 29.4 Å². The summed E-state index contributed by atoms with van der Waals surface area (Å²) >= 11 is 0. The number of hydrogen-bond acceptors (Lipinski definition) is 5. The molecule has 20 heavy (non-hydrogen) atoms. The molecule has 0 amide bonds. The minimum absolute atomic E-state index is 0.378. The van der Waals surface area contributed by atoms with Gasteiger partial charge in [0.2, 0.25) is 5.89 Å². The van der Waals surface area contributed by atoms with E-state index >= 15 is 0 Å². The molecule has 0 fully saturated rings. The first-order valence-corrected chi connectivity index (χ1v) is 6.49. The summed E-state index contributed by atoms with van der Waals surface area (Å²) in [7, 11) is 0. The van der Waals surface area contributed by atoms with Crippen molar-refractivity contribution in [2.45, 2.75) is 25.9 Å². The smallest absolute Gasteiger partial charge is 0.325 e. The fraction of sp³-hybridized carbons (Fsp3) is 0.357. The zero-order chi connectivity index (χ0) is 14.1. The summed E-state index contributed by atoms with van der Waals surface area (Å²) in [6, 6.07) is 7.02. The van der Waals surface area contributed by atoms with Crippen LogP contribution in [0.1, 0.15) is 28.9 Å². The van der Waals surface area contributed by atoms with Crippen molar-refractivity contribution in [3.63, 3.8) is 0 Å². The molecule has 1 N–H and O–H groups in total. The molecule has 0 saturated carbocycles. The summed E-state index contributed by atoms with van der Waals surface area (Å²) in [6.45, 7) is 2.76. The van der Waals surface area contributed by atoms with Gasteiger partial charge in [-0.2, -0.15) is 4.98 Å². The second kappa shape index (κ2) is 5.05. The van der Waals surface area contributed by atoms with Crippen LogP contribution in [0.2, 0.25) is 0 Å². The van der Waals surface area contributed by atoms with Gasteiger partial charge >= 0.3 is 5.97 Å². The highest BCUT2D eigenvalue weighted by molar-refractivity contribution is 5.76. The standard InChI is InChI=1S/C14H15N3O3/c1-9-15-12(16-20-9)8-17-7-6-10-4-2-3-5-11(10)13(17)14(18)19/h2-5,13H,6-8H2,1H3,(H,18,19). The minimum Gasteiger partial charge on any atom is -0.480 e. The molecule has 1 aromatic heterocycles. The molecule has 0 aliphatic carbocycles. The first kappa shape index (κ1) is 12.8. The van der Waals surface area contributed by atoms with Crippen molar-refractivity contribution >= 4 is 5.97 Å². The zero-order valence-corrected chi connectivity index (χ0v) is 11.1. The Hall–Kier alpha value is -2.21. The van der Waals surface area contributed by atoms with Crippen molar-refractivity contribution in [2.75, 3.05) is 6.54 Å². The number of fused-ring (bicyclic) bond motifs is 1. The molecule has 0 bridgehead atoms. The van der Waals surface area contributed by atoms with E-state index in [0.29, 0.717) is 24.8 Å². The fourth-order valence-corrected chi connectivity index (χ4v) is 2.67.